The van der Waals surface area contributed by atoms with Crippen LogP contribution in [0.1, 0.15) is 52.0 Å². The molecule has 1 aromatic carbocycles. The highest BCUT2D eigenvalue weighted by molar-refractivity contribution is 5.68. The van der Waals surface area contributed by atoms with E-state index in [1.165, 1.54) is 0 Å². The van der Waals surface area contributed by atoms with Crippen LogP contribution in [-0.4, -0.2) is 76.9 Å². The fourth-order valence-electron chi connectivity index (χ4n) is 4.92. The summed E-state index contributed by atoms with van der Waals surface area (Å²) in [5, 5.41) is 6.24. The highest BCUT2D eigenvalue weighted by Gasteiger charge is 2.26. The molecule has 12 heteroatoms. The number of carbonyl (C=O) groups is 2. The first kappa shape index (κ1) is 29.2. The highest BCUT2D eigenvalue weighted by Crippen LogP contribution is 2.28. The van der Waals surface area contributed by atoms with Crippen LogP contribution < -0.4 is 21.3 Å². The Morgan fingerprint density at radius 2 is 1.60 bits per heavy atom. The average Bonchev–Trinajstić information content (AvgIpc) is 2.94. The van der Waals surface area contributed by atoms with Crippen molar-refractivity contribution in [3.05, 3.63) is 35.9 Å². The van der Waals surface area contributed by atoms with Gasteiger partial charge in [-0.15, -0.1) is 0 Å². The third-order valence-electron chi connectivity index (χ3n) is 7.12. The second kappa shape index (κ2) is 13.5. The van der Waals surface area contributed by atoms with E-state index in [1.54, 1.807) is 4.90 Å². The number of hydrogen-bond acceptors (Lipinski definition) is 10. The molecule has 218 valence electrons. The van der Waals surface area contributed by atoms with Crippen molar-refractivity contribution in [2.24, 2.45) is 11.8 Å². The minimum atomic E-state index is -0.489. The molecule has 2 fully saturated rings. The third-order valence-corrected chi connectivity index (χ3v) is 7.12. The fourth-order valence-corrected chi connectivity index (χ4v) is 4.92. The van der Waals surface area contributed by atoms with E-state index in [4.69, 9.17) is 15.2 Å². The number of benzene rings is 1. The molecule has 0 atom stereocenters. The summed E-state index contributed by atoms with van der Waals surface area (Å²) in [5.74, 6) is 2.07. The van der Waals surface area contributed by atoms with Crippen LogP contribution >= 0.6 is 0 Å². The van der Waals surface area contributed by atoms with Crippen molar-refractivity contribution in [1.82, 2.24) is 25.2 Å². The number of aromatic nitrogens is 3. The first-order chi connectivity index (χ1) is 19.1. The number of nitrogens with zero attached hydrogens (tertiary/aromatic N) is 5. The Labute approximate surface area is 236 Å². The molecule has 4 rings (SSSR count). The van der Waals surface area contributed by atoms with Crippen LogP contribution in [0.25, 0.3) is 0 Å². The topological polar surface area (TPSA) is 148 Å². The predicted octanol–water partition coefficient (Wildman–Crippen LogP) is 3.66. The van der Waals surface area contributed by atoms with E-state index in [1.807, 2.05) is 56.0 Å². The van der Waals surface area contributed by atoms with E-state index >= 15 is 0 Å². The number of nitrogens with one attached hydrogen (secondary N) is 2. The Morgan fingerprint density at radius 3 is 2.25 bits per heavy atom. The normalized spacial score (nSPS) is 19.6. The summed E-state index contributed by atoms with van der Waals surface area (Å²) in [7, 11) is 0. The lowest BCUT2D eigenvalue weighted by Crippen LogP contribution is -2.49. The largest absolute Gasteiger partial charge is 0.445 e. The van der Waals surface area contributed by atoms with Crippen LogP contribution in [0, 0.1) is 11.8 Å². The average molecular weight is 555 g/mol. The number of anilines is 3. The zero-order valence-electron chi connectivity index (χ0n) is 23.8. The number of alkyl carbamates (subject to hydrolysis) is 1. The van der Waals surface area contributed by atoms with Crippen LogP contribution in [0.3, 0.4) is 0 Å². The van der Waals surface area contributed by atoms with Gasteiger partial charge < -0.3 is 35.6 Å². The van der Waals surface area contributed by atoms with Crippen molar-refractivity contribution in [2.45, 2.75) is 58.7 Å². The van der Waals surface area contributed by atoms with Crippen LogP contribution in [0.15, 0.2) is 30.3 Å². The minimum Gasteiger partial charge on any atom is -0.445 e. The van der Waals surface area contributed by atoms with E-state index < -0.39 is 5.60 Å². The van der Waals surface area contributed by atoms with Crippen molar-refractivity contribution in [1.29, 1.82) is 0 Å². The lowest BCUT2D eigenvalue weighted by atomic mass is 9.82. The summed E-state index contributed by atoms with van der Waals surface area (Å²) < 4.78 is 10.8. The van der Waals surface area contributed by atoms with Gasteiger partial charge in [-0.2, -0.15) is 15.0 Å². The van der Waals surface area contributed by atoms with Gasteiger partial charge in [0.15, 0.2) is 0 Å². The standard InChI is InChI=1S/C28H42N8O4/c1-28(2,3)40-26(37)31-18-21-11-9-20(10-12-21)17-30-24-32-23(29)33-25(34-24)35-13-15-36(16-14-35)27(38)39-19-22-7-5-4-6-8-22/h4-8,20-21H,9-19H2,1-3H3,(H,31,37)(H3,29,30,32,33,34). The predicted molar refractivity (Wildman–Crippen MR) is 153 cm³/mol. The molecule has 1 aromatic heterocycles. The minimum absolute atomic E-state index is 0.161. The maximum Gasteiger partial charge on any atom is 0.410 e. The molecule has 2 aliphatic rings. The number of rotatable bonds is 8. The third kappa shape index (κ3) is 9.13. The SMILES string of the molecule is CC(C)(C)OC(=O)NCC1CCC(CNc2nc(N)nc(N3CCN(C(=O)OCc4ccccc4)CC3)n2)CC1. The van der Waals surface area contributed by atoms with E-state index in [9.17, 15) is 9.59 Å². The summed E-state index contributed by atoms with van der Waals surface area (Å²) in [6.07, 6.45) is 3.53. The van der Waals surface area contributed by atoms with Gasteiger partial charge in [-0.3, -0.25) is 0 Å². The molecule has 1 saturated heterocycles. The smallest absolute Gasteiger partial charge is 0.410 e. The van der Waals surface area contributed by atoms with Gasteiger partial charge in [0.1, 0.15) is 12.2 Å². The molecule has 1 saturated carbocycles. The van der Waals surface area contributed by atoms with E-state index in [2.05, 4.69) is 25.6 Å². The lowest BCUT2D eigenvalue weighted by Gasteiger charge is -2.34. The number of nitrogen functional groups attached to an aromatic ring is 1. The van der Waals surface area contributed by atoms with Crippen LogP contribution in [-0.2, 0) is 16.1 Å². The highest BCUT2D eigenvalue weighted by atomic mass is 16.6. The molecule has 2 heterocycles. The van der Waals surface area contributed by atoms with Crippen LogP contribution in [0.2, 0.25) is 0 Å². The number of amides is 2. The molecule has 4 N–H and O–H groups in total. The monoisotopic (exact) mass is 554 g/mol. The maximum absolute atomic E-state index is 12.5. The second-order valence-corrected chi connectivity index (χ2v) is 11.5. The Kier molecular flexibility index (Phi) is 9.84. The molecule has 1 aliphatic heterocycles. The van der Waals surface area contributed by atoms with Gasteiger partial charge in [0.2, 0.25) is 17.8 Å². The molecule has 0 unspecified atom stereocenters. The fraction of sp³-hybridized carbons (Fsp3) is 0.607. The van der Waals surface area contributed by atoms with Gasteiger partial charge in [0, 0.05) is 39.3 Å². The van der Waals surface area contributed by atoms with E-state index in [-0.39, 0.29) is 24.7 Å². The first-order valence-electron chi connectivity index (χ1n) is 14.1. The molecule has 0 bridgehead atoms. The molecular weight excluding hydrogens is 512 g/mol. The Morgan fingerprint density at radius 1 is 0.950 bits per heavy atom. The van der Waals surface area contributed by atoms with Crippen LogP contribution in [0.5, 0.6) is 0 Å². The van der Waals surface area contributed by atoms with Crippen molar-refractivity contribution in [3.8, 4) is 0 Å². The first-order valence-corrected chi connectivity index (χ1v) is 14.1. The molecule has 40 heavy (non-hydrogen) atoms. The van der Waals surface area contributed by atoms with Crippen molar-refractivity contribution >= 4 is 30.0 Å². The number of hydrogen-bond donors (Lipinski definition) is 3. The number of nitrogens with two attached hydrogens (primary N) is 1. The van der Waals surface area contributed by atoms with Crippen molar-refractivity contribution in [2.75, 3.05) is 55.2 Å². The summed E-state index contributed by atoms with van der Waals surface area (Å²) in [4.78, 5) is 41.3. The maximum atomic E-state index is 12.5. The molecule has 0 spiro atoms. The van der Waals surface area contributed by atoms with Crippen LogP contribution in [0.4, 0.5) is 27.4 Å². The van der Waals surface area contributed by atoms with Gasteiger partial charge in [0.05, 0.1) is 0 Å². The van der Waals surface area contributed by atoms with Crippen molar-refractivity contribution < 1.29 is 19.1 Å². The number of carbonyl (C=O) groups excluding carboxylic acids is 2. The van der Waals surface area contributed by atoms with Gasteiger partial charge in [-0.1, -0.05) is 30.3 Å². The Hall–Kier alpha value is -3.83. The van der Waals surface area contributed by atoms with Gasteiger partial charge in [-0.05, 0) is 63.9 Å². The van der Waals surface area contributed by atoms with Gasteiger partial charge in [-0.25, -0.2) is 9.59 Å². The molecular formula is C28H42N8O4. The Balaban J connectivity index is 1.18. The van der Waals surface area contributed by atoms with E-state index in [0.29, 0.717) is 56.5 Å². The van der Waals surface area contributed by atoms with Gasteiger partial charge >= 0.3 is 12.2 Å². The van der Waals surface area contributed by atoms with Crippen molar-refractivity contribution in [3.63, 3.8) is 0 Å². The summed E-state index contributed by atoms with van der Waals surface area (Å²) in [6, 6.07) is 9.63. The lowest BCUT2D eigenvalue weighted by molar-refractivity contribution is 0.0513. The second-order valence-electron chi connectivity index (χ2n) is 11.5. The quantitative estimate of drug-likeness (QED) is 0.441. The zero-order valence-corrected chi connectivity index (χ0v) is 23.8. The van der Waals surface area contributed by atoms with E-state index in [0.717, 1.165) is 37.8 Å². The zero-order chi connectivity index (χ0) is 28.5. The summed E-state index contributed by atoms with van der Waals surface area (Å²) >= 11 is 0. The summed E-state index contributed by atoms with van der Waals surface area (Å²) in [6.45, 7) is 9.39. The molecule has 1 aliphatic carbocycles. The molecule has 0 radical (unpaired) electrons. The molecule has 12 nitrogen and oxygen atoms in total. The number of ether oxygens (including phenoxy) is 2. The molecule has 2 amide bonds. The molecule has 2 aromatic rings. The summed E-state index contributed by atoms with van der Waals surface area (Å²) in [5.41, 5.74) is 6.47. The Bertz CT molecular complexity index is 1110. The van der Waals surface area contributed by atoms with Gasteiger partial charge in [0.25, 0.3) is 0 Å². The number of piperazine rings is 1.